The van der Waals surface area contributed by atoms with Crippen molar-refractivity contribution in [1.82, 2.24) is 9.78 Å². The molecule has 0 aliphatic carbocycles. The molecule has 1 aromatic rings. The number of anilines is 1. The summed E-state index contributed by atoms with van der Waals surface area (Å²) in [6, 6.07) is 0.181. The summed E-state index contributed by atoms with van der Waals surface area (Å²) >= 11 is 0. The van der Waals surface area contributed by atoms with Crippen LogP contribution in [-0.2, 0) is 23.1 Å². The van der Waals surface area contributed by atoms with Crippen LogP contribution in [0, 0.1) is 6.92 Å². The van der Waals surface area contributed by atoms with E-state index in [2.05, 4.69) is 16.9 Å². The summed E-state index contributed by atoms with van der Waals surface area (Å²) < 4.78 is 12.2. The van der Waals surface area contributed by atoms with Gasteiger partial charge in [-0.25, -0.2) is 0 Å². The summed E-state index contributed by atoms with van der Waals surface area (Å²) in [7, 11) is 5.26. The summed E-state index contributed by atoms with van der Waals surface area (Å²) in [5.41, 5.74) is 1.72. The Bertz CT molecular complexity index is 393. The van der Waals surface area contributed by atoms with Crippen molar-refractivity contribution in [3.05, 3.63) is 11.3 Å². The van der Waals surface area contributed by atoms with Crippen LogP contribution in [0.15, 0.2) is 0 Å². The molecule has 0 aromatic carbocycles. The Kier molecular flexibility index (Phi) is 6.27. The second-order valence-corrected chi connectivity index (χ2v) is 4.66. The third kappa shape index (κ3) is 3.68. The van der Waals surface area contributed by atoms with E-state index in [0.717, 1.165) is 23.6 Å². The zero-order valence-electron chi connectivity index (χ0n) is 12.5. The Balaban J connectivity index is 3.08. The largest absolute Gasteiger partial charge is 0.391 e. The Morgan fingerprint density at radius 2 is 2.05 bits per heavy atom. The van der Waals surface area contributed by atoms with Crippen molar-refractivity contribution in [2.24, 2.45) is 7.05 Å². The molecular formula is C13H25N3O3. The molecule has 1 aromatic heterocycles. The van der Waals surface area contributed by atoms with Gasteiger partial charge in [0.25, 0.3) is 0 Å². The Morgan fingerprint density at radius 3 is 2.58 bits per heavy atom. The van der Waals surface area contributed by atoms with Gasteiger partial charge in [-0.2, -0.15) is 5.10 Å². The predicted octanol–water partition coefficient (Wildman–Crippen LogP) is 0.709. The zero-order valence-corrected chi connectivity index (χ0v) is 12.5. The van der Waals surface area contributed by atoms with Crippen LogP contribution in [0.4, 0.5) is 5.82 Å². The molecule has 19 heavy (non-hydrogen) atoms. The Morgan fingerprint density at radius 1 is 1.37 bits per heavy atom. The van der Waals surface area contributed by atoms with E-state index in [9.17, 15) is 5.11 Å². The third-order valence-electron chi connectivity index (χ3n) is 3.22. The molecule has 0 fully saturated rings. The molecule has 0 radical (unpaired) electrons. The van der Waals surface area contributed by atoms with Crippen LogP contribution in [0.5, 0.6) is 0 Å². The maximum Gasteiger partial charge on any atom is 0.132 e. The van der Waals surface area contributed by atoms with Crippen LogP contribution >= 0.6 is 0 Å². The van der Waals surface area contributed by atoms with E-state index in [-0.39, 0.29) is 12.6 Å². The molecule has 1 heterocycles. The lowest BCUT2D eigenvalue weighted by atomic mass is 10.2. The van der Waals surface area contributed by atoms with Gasteiger partial charge in [0.15, 0.2) is 0 Å². The number of aliphatic hydroxyl groups is 1. The van der Waals surface area contributed by atoms with E-state index in [1.165, 1.54) is 0 Å². The van der Waals surface area contributed by atoms with Crippen molar-refractivity contribution in [2.45, 2.75) is 26.5 Å². The van der Waals surface area contributed by atoms with Gasteiger partial charge in [0.2, 0.25) is 0 Å². The normalized spacial score (nSPS) is 12.7. The number of nitrogens with zero attached hydrogens (tertiary/aromatic N) is 3. The van der Waals surface area contributed by atoms with Gasteiger partial charge in [-0.05, 0) is 13.8 Å². The molecule has 6 heteroatoms. The molecule has 1 rings (SSSR count). The van der Waals surface area contributed by atoms with Gasteiger partial charge in [-0.1, -0.05) is 0 Å². The molecular weight excluding hydrogens is 246 g/mol. The van der Waals surface area contributed by atoms with Crippen molar-refractivity contribution < 1.29 is 14.6 Å². The van der Waals surface area contributed by atoms with Crippen LogP contribution in [0.2, 0.25) is 0 Å². The SMILES string of the molecule is COCCN(c1c(CO)c(C)nn1C)C(C)COC. The highest BCUT2D eigenvalue weighted by Gasteiger charge is 2.22. The quantitative estimate of drug-likeness (QED) is 0.754. The molecule has 0 bridgehead atoms. The summed E-state index contributed by atoms with van der Waals surface area (Å²) in [6.45, 7) is 5.93. The first-order valence-electron chi connectivity index (χ1n) is 6.44. The van der Waals surface area contributed by atoms with E-state index >= 15 is 0 Å². The molecule has 6 nitrogen and oxygen atoms in total. The van der Waals surface area contributed by atoms with Crippen LogP contribution < -0.4 is 4.90 Å². The van der Waals surface area contributed by atoms with Gasteiger partial charge in [-0.15, -0.1) is 0 Å². The van der Waals surface area contributed by atoms with Crippen molar-refractivity contribution >= 4 is 5.82 Å². The second kappa shape index (κ2) is 7.47. The highest BCUT2D eigenvalue weighted by Crippen LogP contribution is 2.25. The standard InChI is InChI=1S/C13H25N3O3/c1-10(9-19-5)16(6-7-18-4)13-12(8-17)11(2)14-15(13)3/h10,17H,6-9H2,1-5H3. The van der Waals surface area contributed by atoms with Gasteiger partial charge in [-0.3, -0.25) is 4.68 Å². The number of aromatic nitrogens is 2. The molecule has 0 saturated heterocycles. The van der Waals surface area contributed by atoms with Crippen molar-refractivity contribution in [3.8, 4) is 0 Å². The number of hydrogen-bond donors (Lipinski definition) is 1. The minimum absolute atomic E-state index is 0.0157. The summed E-state index contributed by atoms with van der Waals surface area (Å²) in [5, 5.41) is 13.9. The number of rotatable bonds is 8. The van der Waals surface area contributed by atoms with Gasteiger partial charge >= 0.3 is 0 Å². The zero-order chi connectivity index (χ0) is 14.4. The second-order valence-electron chi connectivity index (χ2n) is 4.66. The molecule has 1 N–H and O–H groups in total. The molecule has 0 aliphatic heterocycles. The lowest BCUT2D eigenvalue weighted by Crippen LogP contribution is -2.40. The smallest absolute Gasteiger partial charge is 0.132 e. The average molecular weight is 271 g/mol. The third-order valence-corrected chi connectivity index (χ3v) is 3.22. The van der Waals surface area contributed by atoms with E-state index in [1.54, 1.807) is 14.2 Å². The number of ether oxygens (including phenoxy) is 2. The lowest BCUT2D eigenvalue weighted by Gasteiger charge is -2.31. The fourth-order valence-corrected chi connectivity index (χ4v) is 2.29. The van der Waals surface area contributed by atoms with Crippen molar-refractivity contribution in [2.75, 3.05) is 38.9 Å². The molecule has 0 spiro atoms. The van der Waals surface area contributed by atoms with Gasteiger partial charge < -0.3 is 19.5 Å². The first-order chi connectivity index (χ1) is 9.06. The van der Waals surface area contributed by atoms with Gasteiger partial charge in [0.05, 0.1) is 31.6 Å². The molecule has 110 valence electrons. The molecule has 0 aliphatic rings. The lowest BCUT2D eigenvalue weighted by molar-refractivity contribution is 0.170. The summed E-state index contributed by atoms with van der Waals surface area (Å²) in [6.07, 6.45) is 0. The van der Waals surface area contributed by atoms with Gasteiger partial charge in [0.1, 0.15) is 5.82 Å². The van der Waals surface area contributed by atoms with Crippen molar-refractivity contribution in [1.29, 1.82) is 0 Å². The highest BCUT2D eigenvalue weighted by atomic mass is 16.5. The minimum atomic E-state index is -0.0157. The minimum Gasteiger partial charge on any atom is -0.391 e. The fourth-order valence-electron chi connectivity index (χ4n) is 2.29. The molecule has 1 unspecified atom stereocenters. The number of methoxy groups -OCH3 is 2. The Labute approximate surface area is 114 Å². The highest BCUT2D eigenvalue weighted by molar-refractivity contribution is 5.50. The fraction of sp³-hybridized carbons (Fsp3) is 0.769. The summed E-state index contributed by atoms with van der Waals surface area (Å²) in [4.78, 5) is 2.17. The van der Waals surface area contributed by atoms with Crippen molar-refractivity contribution in [3.63, 3.8) is 0 Å². The van der Waals surface area contributed by atoms with Crippen LogP contribution in [0.25, 0.3) is 0 Å². The van der Waals surface area contributed by atoms with Crippen LogP contribution in [0.1, 0.15) is 18.2 Å². The average Bonchev–Trinajstić information content (AvgIpc) is 2.65. The number of aliphatic hydroxyl groups excluding tert-OH is 1. The first-order valence-corrected chi connectivity index (χ1v) is 6.44. The van der Waals surface area contributed by atoms with E-state index in [0.29, 0.717) is 13.2 Å². The predicted molar refractivity (Wildman–Crippen MR) is 74.4 cm³/mol. The number of aryl methyl sites for hydroxylation is 2. The molecule has 0 amide bonds. The topological polar surface area (TPSA) is 59.8 Å². The molecule has 0 saturated carbocycles. The van der Waals surface area contributed by atoms with E-state index in [4.69, 9.17) is 9.47 Å². The van der Waals surface area contributed by atoms with Crippen LogP contribution in [0.3, 0.4) is 0 Å². The maximum atomic E-state index is 9.56. The van der Waals surface area contributed by atoms with Crippen LogP contribution in [-0.4, -0.2) is 54.9 Å². The van der Waals surface area contributed by atoms with E-state index < -0.39 is 0 Å². The molecule has 1 atom stereocenters. The van der Waals surface area contributed by atoms with Gasteiger partial charge in [0, 0.05) is 33.4 Å². The summed E-state index contributed by atoms with van der Waals surface area (Å²) in [5.74, 6) is 0.932. The van der Waals surface area contributed by atoms with E-state index in [1.807, 2.05) is 18.7 Å². The monoisotopic (exact) mass is 271 g/mol. The Hall–Kier alpha value is -1.11. The first kappa shape index (κ1) is 15.9. The maximum absolute atomic E-state index is 9.56. The number of hydrogen-bond acceptors (Lipinski definition) is 5.